The molecule has 1 aliphatic rings. The number of nitrogens with two attached hydrogens (primary N) is 1. The zero-order chi connectivity index (χ0) is 13.0. The highest BCUT2D eigenvalue weighted by Crippen LogP contribution is 2.23. The molecule has 1 aromatic carbocycles. The van der Waals surface area contributed by atoms with Crippen LogP contribution in [0.1, 0.15) is 32.6 Å². The van der Waals surface area contributed by atoms with Gasteiger partial charge < -0.3 is 16.4 Å². The predicted octanol–water partition coefficient (Wildman–Crippen LogP) is 2.97. The Hall–Kier alpha value is -1.71. The number of rotatable bonds is 2. The quantitative estimate of drug-likeness (QED) is 0.703. The van der Waals surface area contributed by atoms with Gasteiger partial charge in [-0.3, -0.25) is 0 Å². The minimum Gasteiger partial charge on any atom is -0.399 e. The maximum absolute atomic E-state index is 11.9. The van der Waals surface area contributed by atoms with Crippen molar-refractivity contribution in [3.8, 4) is 0 Å². The minimum atomic E-state index is -0.139. The number of carbonyl (C=O) groups excluding carboxylic acids is 1. The Balaban J connectivity index is 1.88. The number of hydrogen-bond donors (Lipinski definition) is 3. The number of amides is 2. The summed E-state index contributed by atoms with van der Waals surface area (Å²) in [5.41, 5.74) is 7.05. The molecule has 1 fully saturated rings. The van der Waals surface area contributed by atoms with Crippen molar-refractivity contribution in [2.24, 2.45) is 5.92 Å². The third-order valence-electron chi connectivity index (χ3n) is 3.57. The van der Waals surface area contributed by atoms with E-state index in [0.29, 0.717) is 17.6 Å². The average molecular weight is 247 g/mol. The van der Waals surface area contributed by atoms with Crippen molar-refractivity contribution in [1.29, 1.82) is 0 Å². The summed E-state index contributed by atoms with van der Waals surface area (Å²) in [5, 5.41) is 5.87. The number of hydrogen-bond acceptors (Lipinski definition) is 2. The van der Waals surface area contributed by atoms with Gasteiger partial charge in [-0.25, -0.2) is 4.79 Å². The van der Waals surface area contributed by atoms with E-state index in [9.17, 15) is 4.79 Å². The maximum atomic E-state index is 11.9. The molecule has 2 unspecified atom stereocenters. The predicted molar refractivity (Wildman–Crippen MR) is 74.4 cm³/mol. The van der Waals surface area contributed by atoms with Gasteiger partial charge in [-0.2, -0.15) is 0 Å². The van der Waals surface area contributed by atoms with Gasteiger partial charge >= 0.3 is 6.03 Å². The average Bonchev–Trinajstić information content (AvgIpc) is 2.32. The molecule has 0 spiro atoms. The Labute approximate surface area is 108 Å². The van der Waals surface area contributed by atoms with Gasteiger partial charge in [-0.1, -0.05) is 25.8 Å². The van der Waals surface area contributed by atoms with Crippen molar-refractivity contribution in [2.75, 3.05) is 11.1 Å². The second-order valence-corrected chi connectivity index (χ2v) is 5.09. The summed E-state index contributed by atoms with van der Waals surface area (Å²) in [6.45, 7) is 2.20. The first-order chi connectivity index (χ1) is 8.65. The largest absolute Gasteiger partial charge is 0.399 e. The van der Waals surface area contributed by atoms with E-state index in [2.05, 4.69) is 17.6 Å². The molecule has 2 atom stereocenters. The van der Waals surface area contributed by atoms with Crippen LogP contribution in [0.2, 0.25) is 0 Å². The second kappa shape index (κ2) is 5.76. The first-order valence-electron chi connectivity index (χ1n) is 6.58. The van der Waals surface area contributed by atoms with E-state index in [4.69, 9.17) is 5.73 Å². The molecule has 18 heavy (non-hydrogen) atoms. The van der Waals surface area contributed by atoms with Crippen LogP contribution < -0.4 is 16.4 Å². The van der Waals surface area contributed by atoms with Crippen molar-refractivity contribution >= 4 is 17.4 Å². The molecule has 1 aromatic rings. The van der Waals surface area contributed by atoms with E-state index < -0.39 is 0 Å². The number of nitrogens with one attached hydrogen (secondary N) is 2. The fraction of sp³-hybridized carbons (Fsp3) is 0.500. The molecular formula is C14H21N3O. The van der Waals surface area contributed by atoms with E-state index >= 15 is 0 Å². The lowest BCUT2D eigenvalue weighted by molar-refractivity contribution is 0.232. The Morgan fingerprint density at radius 1 is 1.33 bits per heavy atom. The molecule has 0 bridgehead atoms. The Morgan fingerprint density at radius 2 is 2.11 bits per heavy atom. The highest BCUT2D eigenvalue weighted by molar-refractivity contribution is 5.89. The molecule has 4 nitrogen and oxygen atoms in total. The van der Waals surface area contributed by atoms with Crippen molar-refractivity contribution in [3.63, 3.8) is 0 Å². The zero-order valence-corrected chi connectivity index (χ0v) is 10.8. The summed E-state index contributed by atoms with van der Waals surface area (Å²) in [6, 6.07) is 7.36. The Morgan fingerprint density at radius 3 is 2.83 bits per heavy atom. The first kappa shape index (κ1) is 12.7. The zero-order valence-electron chi connectivity index (χ0n) is 10.8. The van der Waals surface area contributed by atoms with Crippen molar-refractivity contribution in [1.82, 2.24) is 5.32 Å². The van der Waals surface area contributed by atoms with Crippen LogP contribution in [0.3, 0.4) is 0 Å². The summed E-state index contributed by atoms with van der Waals surface area (Å²) in [6.07, 6.45) is 4.75. The molecule has 4 heteroatoms. The molecule has 0 saturated heterocycles. The molecule has 0 radical (unpaired) electrons. The van der Waals surface area contributed by atoms with Crippen LogP contribution in [-0.2, 0) is 0 Å². The van der Waals surface area contributed by atoms with Crippen LogP contribution in [0.15, 0.2) is 24.3 Å². The SMILES string of the molecule is CC1CCCCC1NC(=O)Nc1cccc(N)c1. The number of carbonyl (C=O) groups is 1. The molecule has 0 aromatic heterocycles. The summed E-state index contributed by atoms with van der Waals surface area (Å²) >= 11 is 0. The monoisotopic (exact) mass is 247 g/mol. The molecule has 98 valence electrons. The molecule has 2 rings (SSSR count). The van der Waals surface area contributed by atoms with Crippen molar-refractivity contribution < 1.29 is 4.79 Å². The van der Waals surface area contributed by atoms with E-state index in [1.165, 1.54) is 19.3 Å². The van der Waals surface area contributed by atoms with Crippen LogP contribution >= 0.6 is 0 Å². The molecular weight excluding hydrogens is 226 g/mol. The normalized spacial score (nSPS) is 23.4. The minimum absolute atomic E-state index is 0.139. The van der Waals surface area contributed by atoms with Crippen LogP contribution in [0, 0.1) is 5.92 Å². The lowest BCUT2D eigenvalue weighted by atomic mass is 9.86. The van der Waals surface area contributed by atoms with Crippen LogP contribution in [0.25, 0.3) is 0 Å². The van der Waals surface area contributed by atoms with Crippen LogP contribution in [0.4, 0.5) is 16.2 Å². The lowest BCUT2D eigenvalue weighted by Crippen LogP contribution is -2.43. The van der Waals surface area contributed by atoms with E-state index in [0.717, 1.165) is 12.1 Å². The summed E-state index contributed by atoms with van der Waals surface area (Å²) < 4.78 is 0. The molecule has 0 aliphatic heterocycles. The molecule has 1 aliphatic carbocycles. The molecule has 4 N–H and O–H groups in total. The van der Waals surface area contributed by atoms with E-state index in [1.807, 2.05) is 12.1 Å². The first-order valence-corrected chi connectivity index (χ1v) is 6.58. The van der Waals surface area contributed by atoms with Gasteiger partial charge in [0.1, 0.15) is 0 Å². The van der Waals surface area contributed by atoms with Crippen molar-refractivity contribution in [3.05, 3.63) is 24.3 Å². The Kier molecular flexibility index (Phi) is 4.07. The topological polar surface area (TPSA) is 67.2 Å². The highest BCUT2D eigenvalue weighted by Gasteiger charge is 2.22. The van der Waals surface area contributed by atoms with Gasteiger partial charge in [-0.05, 0) is 37.0 Å². The molecule has 2 amide bonds. The molecule has 1 saturated carbocycles. The van der Waals surface area contributed by atoms with E-state index in [-0.39, 0.29) is 6.03 Å². The number of nitrogen functional groups attached to an aromatic ring is 1. The smallest absolute Gasteiger partial charge is 0.319 e. The third-order valence-corrected chi connectivity index (χ3v) is 3.57. The van der Waals surface area contributed by atoms with Gasteiger partial charge in [0.15, 0.2) is 0 Å². The third kappa shape index (κ3) is 3.39. The van der Waals surface area contributed by atoms with E-state index in [1.54, 1.807) is 12.1 Å². The number of benzene rings is 1. The summed E-state index contributed by atoms with van der Waals surface area (Å²) in [5.74, 6) is 0.561. The number of anilines is 2. The maximum Gasteiger partial charge on any atom is 0.319 e. The van der Waals surface area contributed by atoms with Crippen LogP contribution in [0.5, 0.6) is 0 Å². The summed E-state index contributed by atoms with van der Waals surface area (Å²) in [7, 11) is 0. The fourth-order valence-electron chi connectivity index (χ4n) is 2.48. The fourth-order valence-corrected chi connectivity index (χ4v) is 2.48. The standard InChI is InChI=1S/C14H21N3O/c1-10-5-2-3-8-13(10)17-14(18)16-12-7-4-6-11(15)9-12/h4,6-7,9-10,13H,2-3,5,8,15H2,1H3,(H2,16,17,18). The number of urea groups is 1. The van der Waals surface area contributed by atoms with Gasteiger partial charge in [0, 0.05) is 17.4 Å². The Bertz CT molecular complexity index is 419. The molecule has 0 heterocycles. The van der Waals surface area contributed by atoms with Crippen LogP contribution in [-0.4, -0.2) is 12.1 Å². The lowest BCUT2D eigenvalue weighted by Gasteiger charge is -2.29. The van der Waals surface area contributed by atoms with Crippen molar-refractivity contribution in [2.45, 2.75) is 38.6 Å². The highest BCUT2D eigenvalue weighted by atomic mass is 16.2. The second-order valence-electron chi connectivity index (χ2n) is 5.09. The summed E-state index contributed by atoms with van der Waals surface area (Å²) in [4.78, 5) is 11.9. The van der Waals surface area contributed by atoms with Gasteiger partial charge in [0.25, 0.3) is 0 Å². The van der Waals surface area contributed by atoms with Gasteiger partial charge in [-0.15, -0.1) is 0 Å². The van der Waals surface area contributed by atoms with Gasteiger partial charge in [0.05, 0.1) is 0 Å². The van der Waals surface area contributed by atoms with Gasteiger partial charge in [0.2, 0.25) is 0 Å².